The molecule has 0 aromatic carbocycles. The van der Waals surface area contributed by atoms with Crippen molar-refractivity contribution in [2.24, 2.45) is 11.7 Å². The maximum Gasteiger partial charge on any atom is 0 e. The molecule has 0 spiro atoms. The summed E-state index contributed by atoms with van der Waals surface area (Å²) in [5.74, 6) is 8.75. The van der Waals surface area contributed by atoms with E-state index in [0.717, 1.165) is 0 Å². The van der Waals surface area contributed by atoms with Crippen LogP contribution in [0.3, 0.4) is 0 Å². The molecular weight excluding hydrogens is 251 g/mol. The maximum atomic E-state index is 4.38. The second kappa shape index (κ2) is 24.1. The number of hydrogen-bond donors (Lipinski definition) is 4. The van der Waals surface area contributed by atoms with Crippen LogP contribution in [0.4, 0.5) is 0 Å². The van der Waals surface area contributed by atoms with E-state index in [2.05, 4.69) is 11.7 Å². The van der Waals surface area contributed by atoms with E-state index in [-0.39, 0.29) is 27.2 Å². The van der Waals surface area contributed by atoms with Gasteiger partial charge < -0.3 is 6.15 Å². The number of hydrogen-bond acceptors (Lipinski definition) is 4. The summed E-state index contributed by atoms with van der Waals surface area (Å²) in [4.78, 5) is 0. The second-order valence-electron chi connectivity index (χ2n) is 0.167. The standard InChI is InChI=1S/H5N3.H3N.Pt/c1-3-2;;/h3H,1-2H2;1H3;. The van der Waals surface area contributed by atoms with E-state index in [4.69, 9.17) is 0 Å². The zero-order chi connectivity index (χ0) is 2.71. The van der Waals surface area contributed by atoms with Gasteiger partial charge >= 0.3 is 0 Å². The van der Waals surface area contributed by atoms with E-state index in [1.165, 1.54) is 0 Å². The zero-order valence-electron chi connectivity index (χ0n) is 2.68. The Hall–Kier alpha value is 0.528. The molecular formula is H8N4Pt. The van der Waals surface area contributed by atoms with Crippen LogP contribution >= 0.6 is 0 Å². The van der Waals surface area contributed by atoms with E-state index >= 15 is 0 Å². The van der Waals surface area contributed by atoms with Crippen LogP contribution in [-0.2, 0) is 21.1 Å². The molecule has 0 saturated carbocycles. The van der Waals surface area contributed by atoms with Crippen molar-refractivity contribution in [3.05, 3.63) is 0 Å². The Balaban J connectivity index is -0.0000000200. The number of hydrazine groups is 2. The summed E-state index contributed by atoms with van der Waals surface area (Å²) in [5, 5.41) is 0. The topological polar surface area (TPSA) is 99.1 Å². The molecule has 38 valence electrons. The third-order valence-electron chi connectivity index (χ3n) is 0. The molecule has 0 aliphatic heterocycles. The summed E-state index contributed by atoms with van der Waals surface area (Å²) in [6.07, 6.45) is 0. The van der Waals surface area contributed by atoms with Crippen LogP contribution in [0.15, 0.2) is 0 Å². The number of nitrogens with one attached hydrogen (secondary N) is 1. The maximum absolute atomic E-state index is 4.38. The molecule has 8 N–H and O–H groups in total. The van der Waals surface area contributed by atoms with E-state index < -0.39 is 0 Å². The Morgan fingerprint density at radius 2 is 1.20 bits per heavy atom. The van der Waals surface area contributed by atoms with Crippen LogP contribution in [0.25, 0.3) is 0 Å². The van der Waals surface area contributed by atoms with Gasteiger partial charge in [0.25, 0.3) is 0 Å². The first-order valence-electron chi connectivity index (χ1n) is 0.577. The molecule has 4 nitrogen and oxygen atoms in total. The van der Waals surface area contributed by atoms with Crippen molar-refractivity contribution in [3.63, 3.8) is 0 Å². The zero-order valence-corrected chi connectivity index (χ0v) is 4.95. The van der Waals surface area contributed by atoms with Gasteiger partial charge in [0.1, 0.15) is 0 Å². The fourth-order valence-corrected chi connectivity index (χ4v) is 0. The molecule has 0 aliphatic rings. The number of nitrogens with two attached hydrogens (primary N) is 2. The first kappa shape index (κ1) is 17.7. The minimum atomic E-state index is 0. The van der Waals surface area contributed by atoms with Gasteiger partial charge in [0.15, 0.2) is 0 Å². The minimum Gasteiger partial charge on any atom is -0.344 e. The van der Waals surface area contributed by atoms with Crippen LogP contribution in [0.5, 0.6) is 0 Å². The molecule has 0 unspecified atom stereocenters. The molecule has 0 rings (SSSR count). The fraction of sp³-hybridized carbons (Fsp3) is 0. The molecule has 0 aromatic heterocycles. The smallest absolute Gasteiger partial charge is 0 e. The summed E-state index contributed by atoms with van der Waals surface area (Å²) < 4.78 is 0. The first-order valence-corrected chi connectivity index (χ1v) is 0.577. The van der Waals surface area contributed by atoms with Crippen molar-refractivity contribution in [2.75, 3.05) is 0 Å². The molecule has 5 heavy (non-hydrogen) atoms. The van der Waals surface area contributed by atoms with Gasteiger partial charge in [-0.1, -0.05) is 0 Å². The summed E-state index contributed by atoms with van der Waals surface area (Å²) >= 11 is 0. The van der Waals surface area contributed by atoms with Crippen LogP contribution in [0, 0.1) is 0 Å². The Bertz CT molecular complexity index is 3.61. The molecule has 0 radical (unpaired) electrons. The van der Waals surface area contributed by atoms with Crippen LogP contribution < -0.4 is 23.4 Å². The second-order valence-corrected chi connectivity index (χ2v) is 0.167. The fourth-order valence-electron chi connectivity index (χ4n) is 0. The van der Waals surface area contributed by atoms with E-state index in [1.807, 2.05) is 0 Å². The van der Waals surface area contributed by atoms with Gasteiger partial charge in [-0.25, -0.2) is 0 Å². The largest absolute Gasteiger partial charge is 0.344 e. The van der Waals surface area contributed by atoms with Crippen LogP contribution in [0.2, 0.25) is 0 Å². The molecule has 0 saturated heterocycles. The number of rotatable bonds is 0. The molecule has 0 fully saturated rings. The summed E-state index contributed by atoms with van der Waals surface area (Å²) in [7, 11) is 0. The predicted octanol–water partition coefficient (Wildman–Crippen LogP) is -1.52. The molecule has 0 heterocycles. The van der Waals surface area contributed by atoms with Crippen molar-refractivity contribution in [2.45, 2.75) is 0 Å². The summed E-state index contributed by atoms with van der Waals surface area (Å²) in [6, 6.07) is 0. The van der Waals surface area contributed by atoms with Gasteiger partial charge in [0.2, 0.25) is 0 Å². The van der Waals surface area contributed by atoms with Crippen LogP contribution in [0.1, 0.15) is 0 Å². The minimum absolute atomic E-state index is 0. The predicted molar refractivity (Wildman–Crippen MR) is 16.5 cm³/mol. The van der Waals surface area contributed by atoms with Crippen molar-refractivity contribution in [3.8, 4) is 0 Å². The molecule has 5 heteroatoms. The monoisotopic (exact) mass is 259 g/mol. The molecule has 0 atom stereocenters. The molecule has 0 aromatic rings. The quantitative estimate of drug-likeness (QED) is 0.314. The Morgan fingerprint density at radius 1 is 1.20 bits per heavy atom. The van der Waals surface area contributed by atoms with E-state index in [0.29, 0.717) is 0 Å². The van der Waals surface area contributed by atoms with E-state index in [9.17, 15) is 0 Å². The van der Waals surface area contributed by atoms with E-state index in [1.54, 1.807) is 5.53 Å². The SMILES string of the molecule is N.NNN.[Pt]. The van der Waals surface area contributed by atoms with Gasteiger partial charge in [-0.15, -0.1) is 0 Å². The van der Waals surface area contributed by atoms with Gasteiger partial charge in [0, 0.05) is 21.1 Å². The summed E-state index contributed by atoms with van der Waals surface area (Å²) in [6.45, 7) is 0. The van der Waals surface area contributed by atoms with Gasteiger partial charge in [0.05, 0.1) is 0 Å². The molecule has 0 amide bonds. The Kier molecular flexibility index (Phi) is 85.6. The van der Waals surface area contributed by atoms with Gasteiger partial charge in [-0.05, 0) is 0 Å². The van der Waals surface area contributed by atoms with Gasteiger partial charge in [-0.2, -0.15) is 5.53 Å². The molecule has 0 bridgehead atoms. The summed E-state index contributed by atoms with van der Waals surface area (Å²) in [5.41, 5.74) is 1.75. The van der Waals surface area contributed by atoms with Crippen molar-refractivity contribution >= 4 is 0 Å². The Labute approximate surface area is 45.1 Å². The van der Waals surface area contributed by atoms with Crippen molar-refractivity contribution in [1.82, 2.24) is 11.7 Å². The van der Waals surface area contributed by atoms with Gasteiger partial charge in [-0.3, -0.25) is 11.7 Å². The van der Waals surface area contributed by atoms with Crippen molar-refractivity contribution in [1.29, 1.82) is 0 Å². The van der Waals surface area contributed by atoms with Crippen molar-refractivity contribution < 1.29 is 21.1 Å². The first-order chi connectivity index (χ1) is 1.41. The average Bonchev–Trinajstić information content (AvgIpc) is 0.918. The molecule has 0 aliphatic carbocycles. The Morgan fingerprint density at radius 3 is 1.20 bits per heavy atom. The third kappa shape index (κ3) is 104. The normalized spacial score (nSPS) is 3.60. The third-order valence-corrected chi connectivity index (χ3v) is 0. The average molecular weight is 259 g/mol. The van der Waals surface area contributed by atoms with Crippen LogP contribution in [-0.4, -0.2) is 0 Å².